The van der Waals surface area contributed by atoms with Crippen molar-refractivity contribution >= 4 is 0 Å². The van der Waals surface area contributed by atoms with Crippen LogP contribution in [0.1, 0.15) is 25.7 Å². The van der Waals surface area contributed by atoms with E-state index in [0.717, 1.165) is 19.3 Å². The van der Waals surface area contributed by atoms with Gasteiger partial charge in [-0.05, 0) is 19.3 Å². The smallest absolute Gasteiger partial charge is 0.133 e. The van der Waals surface area contributed by atoms with Crippen LogP contribution in [0.4, 0.5) is 0 Å². The molecule has 0 aliphatic heterocycles. The van der Waals surface area contributed by atoms with Crippen molar-refractivity contribution in [2.24, 2.45) is 5.92 Å². The molecule has 0 aromatic rings. The first kappa shape index (κ1) is 9.72. The van der Waals surface area contributed by atoms with E-state index in [9.17, 15) is 0 Å². The van der Waals surface area contributed by atoms with Crippen LogP contribution < -0.4 is 0 Å². The van der Waals surface area contributed by atoms with E-state index in [1.54, 1.807) is 0 Å². The van der Waals surface area contributed by atoms with Crippen LogP contribution in [0.15, 0.2) is 12.7 Å². The highest BCUT2D eigenvalue weighted by atomic mass is 14.3. The summed E-state index contributed by atoms with van der Waals surface area (Å²) in [6.07, 6.45) is 5.50. The Labute approximate surface area is 67.8 Å². The van der Waals surface area contributed by atoms with E-state index in [-0.39, 0.29) is 0 Å². The SMILES string of the molecule is C=CCCCCC(C#N)C#N. The van der Waals surface area contributed by atoms with Crippen LogP contribution in [0.25, 0.3) is 0 Å². The number of rotatable bonds is 5. The molecule has 0 spiro atoms. The fraction of sp³-hybridized carbons (Fsp3) is 0.556. The van der Waals surface area contributed by atoms with Crippen molar-refractivity contribution in [3.63, 3.8) is 0 Å². The molecule has 0 heterocycles. The van der Waals surface area contributed by atoms with Gasteiger partial charge in [-0.3, -0.25) is 0 Å². The molecule has 0 radical (unpaired) electrons. The van der Waals surface area contributed by atoms with Crippen LogP contribution in [0.3, 0.4) is 0 Å². The van der Waals surface area contributed by atoms with Gasteiger partial charge in [0.15, 0.2) is 0 Å². The Hall–Kier alpha value is -1.28. The fourth-order valence-corrected chi connectivity index (χ4v) is 0.795. The van der Waals surface area contributed by atoms with Gasteiger partial charge in [-0.2, -0.15) is 10.5 Å². The van der Waals surface area contributed by atoms with Gasteiger partial charge in [-0.15, -0.1) is 6.58 Å². The van der Waals surface area contributed by atoms with Crippen molar-refractivity contribution in [2.75, 3.05) is 0 Å². The summed E-state index contributed by atoms with van der Waals surface area (Å²) in [5.74, 6) is -0.417. The molecule has 0 aromatic heterocycles. The minimum absolute atomic E-state index is 0.417. The first-order valence-corrected chi connectivity index (χ1v) is 3.75. The number of allylic oxidation sites excluding steroid dienone is 1. The highest BCUT2D eigenvalue weighted by molar-refractivity contribution is 4.98. The van der Waals surface area contributed by atoms with E-state index in [1.165, 1.54) is 0 Å². The first-order chi connectivity index (χ1) is 5.35. The Morgan fingerprint density at radius 3 is 2.36 bits per heavy atom. The van der Waals surface area contributed by atoms with Crippen LogP contribution in [-0.4, -0.2) is 0 Å². The van der Waals surface area contributed by atoms with Crippen molar-refractivity contribution in [3.05, 3.63) is 12.7 Å². The second kappa shape index (κ2) is 6.83. The van der Waals surface area contributed by atoms with Gasteiger partial charge in [0.2, 0.25) is 0 Å². The normalized spacial score (nSPS) is 8.64. The van der Waals surface area contributed by atoms with Crippen molar-refractivity contribution in [1.29, 1.82) is 10.5 Å². The average molecular weight is 148 g/mol. The number of hydrogen-bond acceptors (Lipinski definition) is 2. The first-order valence-electron chi connectivity index (χ1n) is 3.75. The van der Waals surface area contributed by atoms with Crippen molar-refractivity contribution in [2.45, 2.75) is 25.7 Å². The third-order valence-corrected chi connectivity index (χ3v) is 1.46. The van der Waals surface area contributed by atoms with Gasteiger partial charge in [-0.1, -0.05) is 12.5 Å². The molecule has 0 atom stereocenters. The molecule has 2 nitrogen and oxygen atoms in total. The van der Waals surface area contributed by atoms with E-state index in [4.69, 9.17) is 10.5 Å². The molecule has 11 heavy (non-hydrogen) atoms. The lowest BCUT2D eigenvalue weighted by molar-refractivity contribution is 0.638. The fourth-order valence-electron chi connectivity index (χ4n) is 0.795. The summed E-state index contributed by atoms with van der Waals surface area (Å²) < 4.78 is 0. The zero-order valence-corrected chi connectivity index (χ0v) is 6.58. The van der Waals surface area contributed by atoms with Crippen molar-refractivity contribution in [1.82, 2.24) is 0 Å². The second-order valence-corrected chi connectivity index (χ2v) is 2.38. The third-order valence-electron chi connectivity index (χ3n) is 1.46. The minimum atomic E-state index is -0.417. The summed E-state index contributed by atoms with van der Waals surface area (Å²) in [6.45, 7) is 3.59. The largest absolute Gasteiger partial charge is 0.197 e. The summed E-state index contributed by atoms with van der Waals surface area (Å²) in [4.78, 5) is 0. The summed E-state index contributed by atoms with van der Waals surface area (Å²) in [7, 11) is 0. The van der Waals surface area contributed by atoms with Crippen LogP contribution in [-0.2, 0) is 0 Å². The molecule has 0 saturated heterocycles. The molecule has 2 heteroatoms. The van der Waals surface area contributed by atoms with E-state index in [1.807, 2.05) is 18.2 Å². The maximum atomic E-state index is 8.39. The van der Waals surface area contributed by atoms with Crippen LogP contribution in [0, 0.1) is 28.6 Å². The quantitative estimate of drug-likeness (QED) is 0.444. The lowest BCUT2D eigenvalue weighted by Gasteiger charge is -1.96. The number of hydrogen-bond donors (Lipinski definition) is 0. The molecule has 0 rings (SSSR count). The van der Waals surface area contributed by atoms with Crippen molar-refractivity contribution in [3.8, 4) is 12.1 Å². The molecule has 0 saturated carbocycles. The lowest BCUT2D eigenvalue weighted by atomic mass is 10.0. The topological polar surface area (TPSA) is 47.6 Å². The van der Waals surface area contributed by atoms with Crippen LogP contribution in [0.2, 0.25) is 0 Å². The van der Waals surface area contributed by atoms with Gasteiger partial charge in [-0.25, -0.2) is 0 Å². The predicted octanol–water partition coefficient (Wildman–Crippen LogP) is 2.40. The number of nitrogens with zero attached hydrogens (tertiary/aromatic N) is 2. The average Bonchev–Trinajstić information content (AvgIpc) is 2.05. The Kier molecular flexibility index (Phi) is 6.04. The summed E-state index contributed by atoms with van der Waals surface area (Å²) in [6, 6.07) is 3.88. The number of nitriles is 2. The monoisotopic (exact) mass is 148 g/mol. The highest BCUT2D eigenvalue weighted by Gasteiger charge is 2.02. The summed E-state index contributed by atoms with van der Waals surface area (Å²) >= 11 is 0. The predicted molar refractivity (Wildman–Crippen MR) is 43.4 cm³/mol. The standard InChI is InChI=1S/C9H12N2/c1-2-3-4-5-6-9(7-10)8-11/h2,9H,1,3-6H2. The molecule has 0 N–H and O–H groups in total. The Bertz CT molecular complexity index is 169. The molecule has 0 unspecified atom stereocenters. The van der Waals surface area contributed by atoms with Gasteiger partial charge >= 0.3 is 0 Å². The van der Waals surface area contributed by atoms with Crippen LogP contribution in [0.5, 0.6) is 0 Å². The van der Waals surface area contributed by atoms with Gasteiger partial charge in [0.05, 0.1) is 12.1 Å². The zero-order chi connectivity index (χ0) is 8.53. The lowest BCUT2D eigenvalue weighted by Crippen LogP contribution is -1.91. The third kappa shape index (κ3) is 5.18. The van der Waals surface area contributed by atoms with Gasteiger partial charge in [0.25, 0.3) is 0 Å². The Morgan fingerprint density at radius 2 is 1.91 bits per heavy atom. The van der Waals surface area contributed by atoms with E-state index in [0.29, 0.717) is 6.42 Å². The second-order valence-electron chi connectivity index (χ2n) is 2.38. The maximum absolute atomic E-state index is 8.39. The molecule has 0 amide bonds. The molecular weight excluding hydrogens is 136 g/mol. The molecule has 58 valence electrons. The summed E-state index contributed by atoms with van der Waals surface area (Å²) in [5, 5.41) is 16.8. The van der Waals surface area contributed by atoms with E-state index < -0.39 is 5.92 Å². The molecule has 0 bridgehead atoms. The molecule has 0 aliphatic rings. The van der Waals surface area contributed by atoms with Gasteiger partial charge in [0, 0.05) is 0 Å². The zero-order valence-electron chi connectivity index (χ0n) is 6.58. The van der Waals surface area contributed by atoms with Crippen LogP contribution >= 0.6 is 0 Å². The molecular formula is C9H12N2. The minimum Gasteiger partial charge on any atom is -0.197 e. The van der Waals surface area contributed by atoms with E-state index in [2.05, 4.69) is 6.58 Å². The molecule has 0 aliphatic carbocycles. The van der Waals surface area contributed by atoms with Crippen molar-refractivity contribution < 1.29 is 0 Å². The van der Waals surface area contributed by atoms with Gasteiger partial charge in [0.1, 0.15) is 5.92 Å². The Balaban J connectivity index is 3.32. The Morgan fingerprint density at radius 1 is 1.27 bits per heavy atom. The summed E-state index contributed by atoms with van der Waals surface area (Å²) in [5.41, 5.74) is 0. The van der Waals surface area contributed by atoms with E-state index >= 15 is 0 Å². The van der Waals surface area contributed by atoms with Gasteiger partial charge < -0.3 is 0 Å². The highest BCUT2D eigenvalue weighted by Crippen LogP contribution is 2.07. The maximum Gasteiger partial charge on any atom is 0.133 e. The number of unbranched alkanes of at least 4 members (excludes halogenated alkanes) is 2. The molecule has 0 aromatic carbocycles. The molecule has 0 fully saturated rings.